The van der Waals surface area contributed by atoms with Crippen LogP contribution >= 0.6 is 0 Å². The predicted molar refractivity (Wildman–Crippen MR) is 155 cm³/mol. The van der Waals surface area contributed by atoms with Crippen molar-refractivity contribution in [1.82, 2.24) is 0 Å². The first-order valence-electron chi connectivity index (χ1n) is 16.5. The largest absolute Gasteiger partial charge is 0.462 e. The number of carbonyl (C=O) groups excluding carboxylic acids is 2. The summed E-state index contributed by atoms with van der Waals surface area (Å²) < 4.78 is 18.6. The van der Waals surface area contributed by atoms with E-state index < -0.39 is 70.9 Å². The normalized spacial score (nSPS) is 55.4. The summed E-state index contributed by atoms with van der Waals surface area (Å²) in [6.45, 7) is 18.6. The third-order valence-corrected chi connectivity index (χ3v) is 14.5. The van der Waals surface area contributed by atoms with Crippen molar-refractivity contribution >= 4 is 11.9 Å². The quantitative estimate of drug-likeness (QED) is 0.312. The summed E-state index contributed by atoms with van der Waals surface area (Å²) in [5.74, 6) is -0.112. The number of fused-ring (bicyclic) bond motifs is 4. The molecular formula is C34H54O8. The Bertz CT molecular complexity index is 1120. The van der Waals surface area contributed by atoms with Gasteiger partial charge in [-0.2, -0.15) is 0 Å². The van der Waals surface area contributed by atoms with E-state index in [1.54, 1.807) is 0 Å². The number of epoxide rings is 1. The van der Waals surface area contributed by atoms with Crippen LogP contribution in [0.1, 0.15) is 94.4 Å². The van der Waals surface area contributed by atoms with E-state index in [0.29, 0.717) is 43.4 Å². The van der Waals surface area contributed by atoms with Crippen molar-refractivity contribution in [3.05, 3.63) is 0 Å². The van der Waals surface area contributed by atoms with Gasteiger partial charge in [0.2, 0.25) is 0 Å². The zero-order chi connectivity index (χ0) is 30.9. The van der Waals surface area contributed by atoms with Crippen molar-refractivity contribution in [3.63, 3.8) is 0 Å². The van der Waals surface area contributed by atoms with E-state index in [9.17, 15) is 24.9 Å². The molecule has 0 bridgehead atoms. The van der Waals surface area contributed by atoms with Gasteiger partial charge in [-0.05, 0) is 60.7 Å². The molecule has 8 nitrogen and oxygen atoms in total. The Kier molecular flexibility index (Phi) is 7.07. The molecule has 0 aromatic carbocycles. The zero-order valence-electron chi connectivity index (χ0n) is 27.0. The average Bonchev–Trinajstić information content (AvgIpc) is 3.77. The Morgan fingerprint density at radius 3 is 2.14 bits per heavy atom. The van der Waals surface area contributed by atoms with Gasteiger partial charge in [0.15, 0.2) is 0 Å². The summed E-state index contributed by atoms with van der Waals surface area (Å²) in [5.41, 5.74) is -1.80. The van der Waals surface area contributed by atoms with Crippen LogP contribution in [0, 0.1) is 63.6 Å². The van der Waals surface area contributed by atoms with Crippen LogP contribution in [0.4, 0.5) is 0 Å². The third kappa shape index (κ3) is 3.92. The molecule has 1 saturated heterocycles. The molecule has 6 fully saturated rings. The Balaban J connectivity index is 1.45. The number of aliphatic hydroxyl groups excluding tert-OH is 3. The smallest absolute Gasteiger partial charge is 0.303 e. The van der Waals surface area contributed by atoms with Crippen LogP contribution in [0.5, 0.6) is 0 Å². The van der Waals surface area contributed by atoms with Gasteiger partial charge in [-0.1, -0.05) is 48.5 Å². The highest BCUT2D eigenvalue weighted by Crippen LogP contribution is 2.76. The summed E-state index contributed by atoms with van der Waals surface area (Å²) in [7, 11) is 0. The fourth-order valence-electron chi connectivity index (χ4n) is 12.0. The molecule has 238 valence electrons. The highest BCUT2D eigenvalue weighted by Gasteiger charge is 2.83. The SMILES string of the molecule is CC(=O)O[C@H]1C[C@H]([C@H](C)[C@H]2C[C@]2(C)[C@H](C)C(C)C)[C@]2(C)C1[C@H]1C([C@H](OC(C)=O)[C@H]2O)[C@@]2(C)CC[C@H](O)C[C@]23O[C@@H]3[C@H]1O. The molecule has 6 aliphatic rings. The van der Waals surface area contributed by atoms with Crippen molar-refractivity contribution in [2.45, 2.75) is 137 Å². The molecule has 1 aliphatic heterocycles. The fourth-order valence-corrected chi connectivity index (χ4v) is 12.0. The second-order valence-corrected chi connectivity index (χ2v) is 16.4. The molecule has 17 atom stereocenters. The molecular weight excluding hydrogens is 536 g/mol. The van der Waals surface area contributed by atoms with Gasteiger partial charge in [-0.3, -0.25) is 9.59 Å². The second kappa shape index (κ2) is 9.64. The van der Waals surface area contributed by atoms with E-state index in [2.05, 4.69) is 48.5 Å². The molecule has 0 radical (unpaired) electrons. The Labute approximate surface area is 251 Å². The van der Waals surface area contributed by atoms with Gasteiger partial charge in [0.05, 0.1) is 18.3 Å². The standard InChI is InChI=1S/C34H54O8/c1-15(2)17(4)31(7)14-22(31)16(3)21-12-23(40-18(5)35)25-24-26(28(41-19(6)36)29(39)33(21,25)9)32(8)11-10-20(37)13-34(32)30(42-34)27(24)38/h15-17,20-30,37-39H,10-14H2,1-9H3/t16-,17+,20-,21+,22+,23-,24-,25?,26?,27-,28-,29+,30+,31+,32+,33+,34+/m0/s1. The van der Waals surface area contributed by atoms with Crippen LogP contribution in [0.15, 0.2) is 0 Å². The summed E-state index contributed by atoms with van der Waals surface area (Å²) in [6, 6.07) is 0. The molecule has 0 amide bonds. The highest BCUT2D eigenvalue weighted by atomic mass is 16.6. The molecule has 2 unspecified atom stereocenters. The van der Waals surface area contributed by atoms with Crippen LogP contribution < -0.4 is 0 Å². The maximum absolute atomic E-state index is 12.6. The van der Waals surface area contributed by atoms with Gasteiger partial charge in [0, 0.05) is 48.9 Å². The topological polar surface area (TPSA) is 126 Å². The average molecular weight is 591 g/mol. The molecule has 42 heavy (non-hydrogen) atoms. The lowest BCUT2D eigenvalue weighted by atomic mass is 9.42. The molecule has 5 saturated carbocycles. The molecule has 6 rings (SSSR count). The van der Waals surface area contributed by atoms with Gasteiger partial charge in [-0.25, -0.2) is 0 Å². The van der Waals surface area contributed by atoms with Crippen molar-refractivity contribution in [2.24, 2.45) is 63.6 Å². The second-order valence-electron chi connectivity index (χ2n) is 16.4. The van der Waals surface area contributed by atoms with Crippen LogP contribution in [0.3, 0.4) is 0 Å². The minimum atomic E-state index is -1.00. The molecule has 5 aliphatic carbocycles. The summed E-state index contributed by atoms with van der Waals surface area (Å²) in [6.07, 6.45) is -0.787. The monoisotopic (exact) mass is 590 g/mol. The fraction of sp³-hybridized carbons (Fsp3) is 0.941. The number of esters is 2. The molecule has 1 spiro atoms. The van der Waals surface area contributed by atoms with Gasteiger partial charge < -0.3 is 29.5 Å². The third-order valence-electron chi connectivity index (χ3n) is 14.5. The van der Waals surface area contributed by atoms with Crippen LogP contribution in [0.25, 0.3) is 0 Å². The van der Waals surface area contributed by atoms with E-state index in [1.165, 1.54) is 13.8 Å². The van der Waals surface area contributed by atoms with Crippen molar-refractivity contribution in [1.29, 1.82) is 0 Å². The molecule has 0 aromatic rings. The van der Waals surface area contributed by atoms with Crippen LogP contribution in [0.2, 0.25) is 0 Å². The number of carbonyl (C=O) groups is 2. The number of rotatable bonds is 6. The molecule has 8 heteroatoms. The highest BCUT2D eigenvalue weighted by molar-refractivity contribution is 5.67. The number of aliphatic hydroxyl groups is 3. The van der Waals surface area contributed by atoms with Crippen molar-refractivity contribution in [3.8, 4) is 0 Å². The summed E-state index contributed by atoms with van der Waals surface area (Å²) in [4.78, 5) is 25.2. The first kappa shape index (κ1) is 30.8. The van der Waals surface area contributed by atoms with Gasteiger partial charge >= 0.3 is 11.9 Å². The number of hydrogen-bond acceptors (Lipinski definition) is 8. The zero-order valence-corrected chi connectivity index (χ0v) is 27.0. The van der Waals surface area contributed by atoms with Crippen LogP contribution in [-0.4, -0.2) is 69.5 Å². The van der Waals surface area contributed by atoms with Crippen molar-refractivity contribution in [2.75, 3.05) is 0 Å². The van der Waals surface area contributed by atoms with E-state index in [-0.39, 0.29) is 29.1 Å². The van der Waals surface area contributed by atoms with Crippen LogP contribution in [-0.2, 0) is 23.8 Å². The predicted octanol–water partition coefficient (Wildman–Crippen LogP) is 4.12. The number of hydrogen-bond donors (Lipinski definition) is 3. The maximum atomic E-state index is 12.6. The van der Waals surface area contributed by atoms with Gasteiger partial charge in [0.1, 0.15) is 23.9 Å². The Morgan fingerprint density at radius 1 is 0.905 bits per heavy atom. The first-order valence-corrected chi connectivity index (χ1v) is 16.5. The lowest BCUT2D eigenvalue weighted by Crippen LogP contribution is -2.72. The first-order chi connectivity index (χ1) is 19.5. The molecule has 1 heterocycles. The van der Waals surface area contributed by atoms with E-state index >= 15 is 0 Å². The number of ether oxygens (including phenoxy) is 3. The molecule has 0 aromatic heterocycles. The Hall–Kier alpha value is -1.22. The van der Waals surface area contributed by atoms with Gasteiger partial charge in [0.25, 0.3) is 0 Å². The van der Waals surface area contributed by atoms with Crippen molar-refractivity contribution < 1.29 is 39.1 Å². The van der Waals surface area contributed by atoms with E-state index in [1.807, 2.05) is 0 Å². The lowest BCUT2D eigenvalue weighted by molar-refractivity contribution is -0.257. The minimum Gasteiger partial charge on any atom is -0.462 e. The maximum Gasteiger partial charge on any atom is 0.303 e. The van der Waals surface area contributed by atoms with E-state index in [4.69, 9.17) is 14.2 Å². The minimum absolute atomic E-state index is 0.00651. The van der Waals surface area contributed by atoms with Gasteiger partial charge in [-0.15, -0.1) is 0 Å². The molecule has 3 N–H and O–H groups in total. The lowest BCUT2D eigenvalue weighted by Gasteiger charge is -2.64. The summed E-state index contributed by atoms with van der Waals surface area (Å²) >= 11 is 0. The van der Waals surface area contributed by atoms with E-state index in [0.717, 1.165) is 6.42 Å². The summed E-state index contributed by atoms with van der Waals surface area (Å²) in [5, 5.41) is 35.3. The Morgan fingerprint density at radius 2 is 1.55 bits per heavy atom.